The minimum Gasteiger partial charge on any atom is -0.395 e. The third-order valence-electron chi connectivity index (χ3n) is 0.368. The molecular formula is C5H8OS. The number of aliphatic hydroxyl groups excluding tert-OH is 1. The second-order valence-corrected chi connectivity index (χ2v) is 1.83. The van der Waals surface area contributed by atoms with Crippen LogP contribution in [0.5, 0.6) is 0 Å². The smallest absolute Gasteiger partial charge is 0.0531 e. The molecule has 1 N–H and O–H groups in total. The molecule has 0 aromatic carbocycles. The predicted octanol–water partition coefficient (Wildman–Crippen LogP) is 0.693. The fourth-order valence-electron chi connectivity index (χ4n) is 0.169. The van der Waals surface area contributed by atoms with Crippen LogP contribution in [0.15, 0.2) is 0 Å². The molecule has 0 bridgehead atoms. The minimum atomic E-state index is 0.222. The van der Waals surface area contributed by atoms with E-state index in [1.807, 2.05) is 0 Å². The summed E-state index contributed by atoms with van der Waals surface area (Å²) >= 11 is 1.44. The molecule has 0 aromatic rings. The first-order chi connectivity index (χ1) is 3.41. The number of hydrogen-bond donors (Lipinski definition) is 1. The van der Waals surface area contributed by atoms with Gasteiger partial charge in [-0.1, -0.05) is 17.7 Å². The number of rotatable bonds is 2. The summed E-state index contributed by atoms with van der Waals surface area (Å²) in [4.78, 5) is 0. The molecule has 0 heterocycles. The van der Waals surface area contributed by atoms with Crippen molar-refractivity contribution in [3.05, 3.63) is 0 Å². The van der Waals surface area contributed by atoms with Crippen molar-refractivity contribution in [1.82, 2.24) is 0 Å². The molecule has 0 aliphatic carbocycles. The van der Waals surface area contributed by atoms with Crippen LogP contribution in [-0.2, 0) is 0 Å². The Morgan fingerprint density at radius 2 is 2.43 bits per heavy atom. The molecule has 0 radical (unpaired) electrons. The van der Waals surface area contributed by atoms with Gasteiger partial charge < -0.3 is 5.11 Å². The van der Waals surface area contributed by atoms with Gasteiger partial charge in [-0.2, -0.15) is 0 Å². The molecule has 0 fully saturated rings. The summed E-state index contributed by atoms with van der Waals surface area (Å²) in [5.74, 6) is 3.43. The van der Waals surface area contributed by atoms with E-state index in [9.17, 15) is 0 Å². The summed E-state index contributed by atoms with van der Waals surface area (Å²) in [5, 5.41) is 11.0. The van der Waals surface area contributed by atoms with Gasteiger partial charge in [0.2, 0.25) is 0 Å². The molecule has 0 amide bonds. The summed E-state index contributed by atoms with van der Waals surface area (Å²) < 4.78 is 0. The van der Waals surface area contributed by atoms with E-state index in [2.05, 4.69) is 11.2 Å². The van der Waals surface area contributed by atoms with E-state index >= 15 is 0 Å². The van der Waals surface area contributed by atoms with Crippen molar-refractivity contribution in [2.45, 2.75) is 6.92 Å². The Kier molecular flexibility index (Phi) is 5.76. The van der Waals surface area contributed by atoms with E-state index < -0.39 is 0 Å². The van der Waals surface area contributed by atoms with Crippen LogP contribution >= 0.6 is 11.8 Å². The fraction of sp³-hybridized carbons (Fsp3) is 0.600. The number of aliphatic hydroxyl groups is 1. The van der Waals surface area contributed by atoms with Gasteiger partial charge in [0.05, 0.1) is 6.61 Å². The van der Waals surface area contributed by atoms with Crippen LogP contribution in [0.25, 0.3) is 0 Å². The maximum Gasteiger partial charge on any atom is 0.0531 e. The highest BCUT2D eigenvalue weighted by Crippen LogP contribution is 1.91. The Morgan fingerprint density at radius 1 is 1.71 bits per heavy atom. The molecule has 0 saturated heterocycles. The first kappa shape index (κ1) is 6.87. The molecule has 0 aliphatic rings. The fourth-order valence-corrected chi connectivity index (χ4v) is 0.507. The van der Waals surface area contributed by atoms with Crippen LogP contribution in [0, 0.1) is 11.2 Å². The van der Waals surface area contributed by atoms with Crippen molar-refractivity contribution in [3.8, 4) is 11.2 Å². The lowest BCUT2D eigenvalue weighted by atomic mass is 10.8. The van der Waals surface area contributed by atoms with Gasteiger partial charge in [0, 0.05) is 5.75 Å². The average Bonchev–Trinajstić information content (AvgIpc) is 1.69. The number of hydrogen-bond acceptors (Lipinski definition) is 2. The monoisotopic (exact) mass is 116 g/mol. The summed E-state index contributed by atoms with van der Waals surface area (Å²) in [7, 11) is 0. The highest BCUT2D eigenvalue weighted by atomic mass is 32.2. The van der Waals surface area contributed by atoms with Gasteiger partial charge in [-0.3, -0.25) is 0 Å². The summed E-state index contributed by atoms with van der Waals surface area (Å²) in [5.41, 5.74) is 0. The van der Waals surface area contributed by atoms with Crippen LogP contribution in [0.3, 0.4) is 0 Å². The van der Waals surface area contributed by atoms with Crippen molar-refractivity contribution in [2.24, 2.45) is 0 Å². The number of thioether (sulfide) groups is 1. The molecule has 0 aromatic heterocycles. The van der Waals surface area contributed by atoms with Crippen LogP contribution in [0.4, 0.5) is 0 Å². The van der Waals surface area contributed by atoms with Gasteiger partial charge in [0.1, 0.15) is 0 Å². The average molecular weight is 116 g/mol. The molecule has 0 spiro atoms. The van der Waals surface area contributed by atoms with Crippen LogP contribution in [0.1, 0.15) is 6.92 Å². The Labute approximate surface area is 48.1 Å². The lowest BCUT2D eigenvalue weighted by Crippen LogP contribution is -1.81. The Morgan fingerprint density at radius 3 is 2.86 bits per heavy atom. The molecule has 0 unspecified atom stereocenters. The van der Waals surface area contributed by atoms with E-state index in [0.717, 1.165) is 5.75 Å². The lowest BCUT2D eigenvalue weighted by Gasteiger charge is -1.80. The van der Waals surface area contributed by atoms with Gasteiger partial charge in [-0.05, 0) is 12.2 Å². The zero-order valence-corrected chi connectivity index (χ0v) is 5.09. The van der Waals surface area contributed by atoms with Crippen molar-refractivity contribution >= 4 is 11.8 Å². The molecule has 2 heteroatoms. The first-order valence-electron chi connectivity index (χ1n) is 2.06. The van der Waals surface area contributed by atoms with E-state index in [4.69, 9.17) is 5.11 Å². The van der Waals surface area contributed by atoms with Crippen molar-refractivity contribution in [1.29, 1.82) is 0 Å². The van der Waals surface area contributed by atoms with E-state index in [1.54, 1.807) is 6.92 Å². The molecule has 0 saturated carbocycles. The van der Waals surface area contributed by atoms with E-state index in [1.165, 1.54) is 11.8 Å². The first-order valence-corrected chi connectivity index (χ1v) is 3.04. The maximum absolute atomic E-state index is 8.20. The third kappa shape index (κ3) is 5.87. The van der Waals surface area contributed by atoms with Gasteiger partial charge in [-0.25, -0.2) is 0 Å². The minimum absolute atomic E-state index is 0.222. The zero-order valence-electron chi connectivity index (χ0n) is 4.27. The van der Waals surface area contributed by atoms with E-state index in [0.29, 0.717) is 0 Å². The van der Waals surface area contributed by atoms with Gasteiger partial charge in [0.25, 0.3) is 0 Å². The third-order valence-corrected chi connectivity index (χ3v) is 1.10. The Bertz CT molecular complexity index is 79.8. The zero-order chi connectivity index (χ0) is 5.54. The molecule has 0 atom stereocenters. The van der Waals surface area contributed by atoms with E-state index in [-0.39, 0.29) is 6.61 Å². The maximum atomic E-state index is 8.20. The van der Waals surface area contributed by atoms with Crippen LogP contribution in [0.2, 0.25) is 0 Å². The summed E-state index contributed by atoms with van der Waals surface area (Å²) in [6, 6.07) is 0. The van der Waals surface area contributed by atoms with Gasteiger partial charge in [0.15, 0.2) is 0 Å². The van der Waals surface area contributed by atoms with Crippen molar-refractivity contribution < 1.29 is 5.11 Å². The highest BCUT2D eigenvalue weighted by molar-refractivity contribution is 8.03. The summed E-state index contributed by atoms with van der Waals surface area (Å²) in [6.45, 7) is 2.00. The lowest BCUT2D eigenvalue weighted by molar-refractivity contribution is 0.323. The molecule has 7 heavy (non-hydrogen) atoms. The molecule has 1 nitrogen and oxygen atoms in total. The quantitative estimate of drug-likeness (QED) is 0.423. The largest absolute Gasteiger partial charge is 0.395 e. The molecule has 0 aliphatic heterocycles. The highest BCUT2D eigenvalue weighted by Gasteiger charge is 1.74. The molecule has 0 rings (SSSR count). The second kappa shape index (κ2) is 5.87. The Balaban J connectivity index is 2.78. The van der Waals surface area contributed by atoms with Crippen molar-refractivity contribution in [2.75, 3.05) is 12.4 Å². The SMILES string of the molecule is CC#CSCCO. The van der Waals surface area contributed by atoms with Crippen molar-refractivity contribution in [3.63, 3.8) is 0 Å². The standard InChI is InChI=1S/C5H8OS/c1-2-4-7-5-3-6/h6H,3,5H2,1H3. The molecule has 40 valence electrons. The van der Waals surface area contributed by atoms with Crippen LogP contribution < -0.4 is 0 Å². The predicted molar refractivity (Wildman–Crippen MR) is 33.0 cm³/mol. The van der Waals surface area contributed by atoms with Gasteiger partial charge in [-0.15, -0.1) is 0 Å². The molecular weight excluding hydrogens is 108 g/mol. The summed E-state index contributed by atoms with van der Waals surface area (Å²) in [6.07, 6.45) is 0. The van der Waals surface area contributed by atoms with Crippen LogP contribution in [-0.4, -0.2) is 17.5 Å². The second-order valence-electron chi connectivity index (χ2n) is 0.924. The van der Waals surface area contributed by atoms with Gasteiger partial charge >= 0.3 is 0 Å². The Hall–Kier alpha value is -0.130. The normalized spacial score (nSPS) is 7.14. The topological polar surface area (TPSA) is 20.2 Å².